The number of benzene rings is 1. The van der Waals surface area contributed by atoms with Crippen molar-refractivity contribution in [1.82, 2.24) is 10.2 Å². The Balaban J connectivity index is 2.02. The number of hydrogen-bond donors (Lipinski definition) is 1. The quantitative estimate of drug-likeness (QED) is 0.869. The van der Waals surface area contributed by atoms with Gasteiger partial charge in [0.25, 0.3) is 0 Å². The van der Waals surface area contributed by atoms with Gasteiger partial charge in [-0.15, -0.1) is 11.8 Å². The van der Waals surface area contributed by atoms with Gasteiger partial charge in [-0.1, -0.05) is 43.7 Å². The molecule has 0 aliphatic carbocycles. The molecule has 2 amide bonds. The van der Waals surface area contributed by atoms with Gasteiger partial charge in [-0.3, -0.25) is 9.59 Å². The molecule has 5 heteroatoms. The van der Waals surface area contributed by atoms with Crippen LogP contribution in [-0.2, 0) is 9.59 Å². The molecule has 1 aliphatic rings. The fourth-order valence-corrected chi connectivity index (χ4v) is 3.91. The van der Waals surface area contributed by atoms with Crippen LogP contribution in [0.4, 0.5) is 0 Å². The van der Waals surface area contributed by atoms with Gasteiger partial charge in [-0.2, -0.15) is 0 Å². The minimum absolute atomic E-state index is 0.00954. The Labute approximate surface area is 143 Å². The standard InChI is InChI=1S/C18H26N2O2S/c1-12(2)11-19-16(21)8-9-20-17(22)14(4)23-18(20)15-7-5-6-13(3)10-15/h5-7,10,12,14,18H,8-9,11H2,1-4H3,(H,19,21)/t14-,18-/m1/s1. The molecular weight excluding hydrogens is 308 g/mol. The maximum absolute atomic E-state index is 12.4. The smallest absolute Gasteiger partial charge is 0.236 e. The molecule has 1 fully saturated rings. The van der Waals surface area contributed by atoms with Gasteiger partial charge >= 0.3 is 0 Å². The van der Waals surface area contributed by atoms with Crippen molar-refractivity contribution in [1.29, 1.82) is 0 Å². The monoisotopic (exact) mass is 334 g/mol. The van der Waals surface area contributed by atoms with Gasteiger partial charge in [-0.05, 0) is 25.3 Å². The van der Waals surface area contributed by atoms with E-state index in [1.54, 1.807) is 11.8 Å². The molecule has 2 atom stereocenters. The van der Waals surface area contributed by atoms with Crippen molar-refractivity contribution in [2.75, 3.05) is 13.1 Å². The van der Waals surface area contributed by atoms with E-state index in [0.29, 0.717) is 25.4 Å². The molecule has 1 aliphatic heterocycles. The summed E-state index contributed by atoms with van der Waals surface area (Å²) in [6.07, 6.45) is 0.355. The Morgan fingerprint density at radius 1 is 1.39 bits per heavy atom. The Hall–Kier alpha value is -1.49. The van der Waals surface area contributed by atoms with E-state index in [-0.39, 0.29) is 22.4 Å². The molecule has 0 radical (unpaired) electrons. The first kappa shape index (κ1) is 17.9. The van der Waals surface area contributed by atoms with Crippen LogP contribution in [0.1, 0.15) is 43.7 Å². The second-order valence-corrected chi connectivity index (χ2v) is 7.95. The number of hydrogen-bond acceptors (Lipinski definition) is 3. The second-order valence-electron chi connectivity index (χ2n) is 6.52. The van der Waals surface area contributed by atoms with Crippen LogP contribution in [0, 0.1) is 12.8 Å². The largest absolute Gasteiger partial charge is 0.356 e. The van der Waals surface area contributed by atoms with Gasteiger partial charge in [0.05, 0.1) is 5.25 Å². The molecule has 1 heterocycles. The van der Waals surface area contributed by atoms with Crippen molar-refractivity contribution in [2.45, 2.75) is 44.7 Å². The summed E-state index contributed by atoms with van der Waals surface area (Å²) >= 11 is 1.66. The van der Waals surface area contributed by atoms with Crippen molar-refractivity contribution >= 4 is 23.6 Å². The van der Waals surface area contributed by atoms with Crippen molar-refractivity contribution in [3.63, 3.8) is 0 Å². The summed E-state index contributed by atoms with van der Waals surface area (Å²) in [6, 6.07) is 8.25. The van der Waals surface area contributed by atoms with Crippen molar-refractivity contribution in [3.8, 4) is 0 Å². The van der Waals surface area contributed by atoms with Crippen molar-refractivity contribution in [3.05, 3.63) is 35.4 Å². The van der Waals surface area contributed by atoms with Crippen molar-refractivity contribution < 1.29 is 9.59 Å². The molecule has 4 nitrogen and oxygen atoms in total. The zero-order valence-electron chi connectivity index (χ0n) is 14.3. The molecule has 0 saturated carbocycles. The maximum atomic E-state index is 12.4. The summed E-state index contributed by atoms with van der Waals surface area (Å²) < 4.78 is 0. The Kier molecular flexibility index (Phi) is 6.10. The van der Waals surface area contributed by atoms with Crippen LogP contribution in [0.5, 0.6) is 0 Å². The van der Waals surface area contributed by atoms with Crippen molar-refractivity contribution in [2.24, 2.45) is 5.92 Å². The van der Waals surface area contributed by atoms with E-state index in [0.717, 1.165) is 5.56 Å². The van der Waals surface area contributed by atoms with Gasteiger partial charge in [-0.25, -0.2) is 0 Å². The number of aryl methyl sites for hydroxylation is 1. The summed E-state index contributed by atoms with van der Waals surface area (Å²) in [6.45, 7) is 9.28. The zero-order chi connectivity index (χ0) is 17.0. The SMILES string of the molecule is Cc1cccc([C@H]2S[C@H](C)C(=O)N2CCC(=O)NCC(C)C)c1. The van der Waals surface area contributed by atoms with E-state index in [4.69, 9.17) is 0 Å². The lowest BCUT2D eigenvalue weighted by molar-refractivity contribution is -0.130. The first-order valence-corrected chi connectivity index (χ1v) is 9.12. The molecule has 1 aromatic carbocycles. The molecule has 23 heavy (non-hydrogen) atoms. The number of thioether (sulfide) groups is 1. The number of nitrogens with one attached hydrogen (secondary N) is 1. The van der Waals surface area contributed by atoms with E-state index >= 15 is 0 Å². The predicted molar refractivity (Wildman–Crippen MR) is 95.2 cm³/mol. The van der Waals surface area contributed by atoms with E-state index in [1.807, 2.05) is 17.9 Å². The number of amides is 2. The van der Waals surface area contributed by atoms with Gasteiger partial charge in [0.2, 0.25) is 11.8 Å². The van der Waals surface area contributed by atoms with E-state index < -0.39 is 0 Å². The first-order valence-electron chi connectivity index (χ1n) is 8.17. The van der Waals surface area contributed by atoms with Gasteiger partial charge in [0.1, 0.15) is 5.37 Å². The fraction of sp³-hybridized carbons (Fsp3) is 0.556. The van der Waals surface area contributed by atoms with Gasteiger partial charge < -0.3 is 10.2 Å². The van der Waals surface area contributed by atoms with E-state index in [9.17, 15) is 9.59 Å². The molecule has 2 rings (SSSR count). The number of carbonyl (C=O) groups excluding carboxylic acids is 2. The molecule has 1 N–H and O–H groups in total. The van der Waals surface area contributed by atoms with Gasteiger partial charge in [0.15, 0.2) is 0 Å². The lowest BCUT2D eigenvalue weighted by Crippen LogP contribution is -2.35. The summed E-state index contributed by atoms with van der Waals surface area (Å²) in [5.74, 6) is 0.570. The third kappa shape index (κ3) is 4.74. The summed E-state index contributed by atoms with van der Waals surface area (Å²) in [4.78, 5) is 26.2. The molecule has 0 aromatic heterocycles. The highest BCUT2D eigenvalue weighted by Gasteiger charge is 2.38. The average Bonchev–Trinajstić information content (AvgIpc) is 2.78. The van der Waals surface area contributed by atoms with Crippen LogP contribution < -0.4 is 5.32 Å². The Morgan fingerprint density at radius 3 is 2.78 bits per heavy atom. The number of carbonyl (C=O) groups is 2. The number of rotatable bonds is 6. The minimum atomic E-state index is -0.0563. The number of nitrogens with zero attached hydrogens (tertiary/aromatic N) is 1. The zero-order valence-corrected chi connectivity index (χ0v) is 15.2. The molecule has 0 bridgehead atoms. The molecule has 1 aromatic rings. The molecule has 126 valence electrons. The lowest BCUT2D eigenvalue weighted by Gasteiger charge is -2.24. The normalized spacial score (nSPS) is 21.1. The second kappa shape index (κ2) is 7.86. The molecule has 0 unspecified atom stereocenters. The predicted octanol–water partition coefficient (Wildman–Crippen LogP) is 3.12. The summed E-state index contributed by atoms with van der Waals surface area (Å²) in [7, 11) is 0. The Morgan fingerprint density at radius 2 is 2.13 bits per heavy atom. The summed E-state index contributed by atoms with van der Waals surface area (Å²) in [5.41, 5.74) is 2.32. The highest BCUT2D eigenvalue weighted by molar-refractivity contribution is 8.01. The lowest BCUT2D eigenvalue weighted by atomic mass is 10.1. The van der Waals surface area contributed by atoms with Gasteiger partial charge in [0, 0.05) is 19.5 Å². The first-order chi connectivity index (χ1) is 10.9. The Bertz CT molecular complexity index is 574. The molecular formula is C18H26N2O2S. The van der Waals surface area contributed by atoms with Crippen LogP contribution >= 0.6 is 11.8 Å². The van der Waals surface area contributed by atoms with Crippen LogP contribution in [0.2, 0.25) is 0 Å². The minimum Gasteiger partial charge on any atom is -0.356 e. The third-order valence-corrected chi connectivity index (χ3v) is 5.26. The third-order valence-electron chi connectivity index (χ3n) is 3.86. The average molecular weight is 334 g/mol. The highest BCUT2D eigenvalue weighted by Crippen LogP contribution is 2.42. The fourth-order valence-electron chi connectivity index (χ4n) is 2.61. The highest BCUT2D eigenvalue weighted by atomic mass is 32.2. The molecule has 0 spiro atoms. The van der Waals surface area contributed by atoms with E-state index in [2.05, 4.69) is 44.3 Å². The van der Waals surface area contributed by atoms with Crippen LogP contribution in [0.15, 0.2) is 24.3 Å². The van der Waals surface area contributed by atoms with Crippen LogP contribution in [-0.4, -0.2) is 35.1 Å². The molecule has 1 saturated heterocycles. The van der Waals surface area contributed by atoms with E-state index in [1.165, 1.54) is 5.56 Å². The van der Waals surface area contributed by atoms with Crippen LogP contribution in [0.25, 0.3) is 0 Å². The maximum Gasteiger partial charge on any atom is 0.236 e. The van der Waals surface area contributed by atoms with Crippen LogP contribution in [0.3, 0.4) is 0 Å². The summed E-state index contributed by atoms with van der Waals surface area (Å²) in [5, 5.41) is 2.87. The topological polar surface area (TPSA) is 49.4 Å².